The molecule has 144 valence electrons. The van der Waals surface area contributed by atoms with Crippen LogP contribution in [0.3, 0.4) is 0 Å². The normalized spacial score (nSPS) is 11.6. The Morgan fingerprint density at radius 1 is 1.14 bits per heavy atom. The first-order valence-corrected chi connectivity index (χ1v) is 9.84. The van der Waals surface area contributed by atoms with Crippen LogP contribution < -0.4 is 16.4 Å². The second-order valence-electron chi connectivity index (χ2n) is 5.70. The summed E-state index contributed by atoms with van der Waals surface area (Å²) < 4.78 is 13.8. The third kappa shape index (κ3) is 5.27. The third-order valence-electron chi connectivity index (χ3n) is 3.57. The Morgan fingerprint density at radius 3 is 2.57 bits per heavy atom. The minimum atomic E-state index is -0.527. The molecule has 3 rings (SSSR count). The Bertz CT molecular complexity index is 994. The van der Waals surface area contributed by atoms with Gasteiger partial charge in [-0.2, -0.15) is 0 Å². The molecule has 0 unspecified atom stereocenters. The maximum Gasteiger partial charge on any atom is 0.248 e. The predicted octanol–water partition coefficient (Wildman–Crippen LogP) is 3.64. The Morgan fingerprint density at radius 2 is 1.89 bits per heavy atom. The van der Waals surface area contributed by atoms with Gasteiger partial charge in [-0.1, -0.05) is 29.2 Å². The van der Waals surface area contributed by atoms with E-state index in [1.165, 1.54) is 35.2 Å². The van der Waals surface area contributed by atoms with E-state index in [9.17, 15) is 14.0 Å². The average Bonchev–Trinajstić information content (AvgIpc) is 3.09. The van der Waals surface area contributed by atoms with Gasteiger partial charge in [-0.15, -0.1) is 10.2 Å². The minimum Gasteiger partial charge on any atom is -0.366 e. The molecule has 0 aliphatic carbocycles. The van der Waals surface area contributed by atoms with Crippen molar-refractivity contribution in [2.75, 3.05) is 10.6 Å². The number of benzene rings is 2. The second kappa shape index (κ2) is 8.81. The number of hydrogen-bond acceptors (Lipinski definition) is 7. The lowest BCUT2D eigenvalue weighted by molar-refractivity contribution is -0.115. The van der Waals surface area contributed by atoms with Crippen LogP contribution >= 0.6 is 23.1 Å². The molecule has 4 N–H and O–H groups in total. The topological polar surface area (TPSA) is 110 Å². The molecule has 0 bridgehead atoms. The highest BCUT2D eigenvalue weighted by atomic mass is 32.2. The number of carbonyl (C=O) groups excluding carboxylic acids is 2. The molecule has 0 radical (unpaired) electrons. The zero-order valence-electron chi connectivity index (χ0n) is 14.7. The molecule has 1 heterocycles. The highest BCUT2D eigenvalue weighted by Gasteiger charge is 2.17. The van der Waals surface area contributed by atoms with E-state index in [1.807, 2.05) is 0 Å². The molecule has 10 heteroatoms. The fraction of sp³-hybridized carbons (Fsp3) is 0.111. The number of hydrogen-bond donors (Lipinski definition) is 3. The van der Waals surface area contributed by atoms with Gasteiger partial charge in [0.25, 0.3) is 0 Å². The molecule has 3 aromatic rings. The number of anilines is 3. The minimum absolute atomic E-state index is 0.216. The lowest BCUT2D eigenvalue weighted by atomic mass is 10.2. The van der Waals surface area contributed by atoms with E-state index in [4.69, 9.17) is 5.73 Å². The first kappa shape index (κ1) is 19.8. The Balaban J connectivity index is 1.56. The van der Waals surface area contributed by atoms with Crippen LogP contribution in [0.4, 0.5) is 20.9 Å². The zero-order valence-corrected chi connectivity index (χ0v) is 16.3. The summed E-state index contributed by atoms with van der Waals surface area (Å²) in [5, 5.41) is 13.9. The van der Waals surface area contributed by atoms with E-state index in [0.29, 0.717) is 26.4 Å². The summed E-state index contributed by atoms with van der Waals surface area (Å²) in [7, 11) is 0. The van der Waals surface area contributed by atoms with Gasteiger partial charge in [0, 0.05) is 16.9 Å². The van der Waals surface area contributed by atoms with Crippen LogP contribution in [0.2, 0.25) is 0 Å². The highest BCUT2D eigenvalue weighted by Crippen LogP contribution is 2.31. The molecule has 7 nitrogen and oxygen atoms in total. The summed E-state index contributed by atoms with van der Waals surface area (Å²) >= 11 is 2.52. The number of primary amides is 1. The summed E-state index contributed by atoms with van der Waals surface area (Å²) in [6.45, 7) is 1.75. The van der Waals surface area contributed by atoms with Gasteiger partial charge in [0.1, 0.15) is 5.82 Å². The fourth-order valence-corrected chi connectivity index (χ4v) is 4.08. The molecule has 0 spiro atoms. The van der Waals surface area contributed by atoms with E-state index in [1.54, 1.807) is 43.3 Å². The molecular weight excluding hydrogens is 401 g/mol. The first-order chi connectivity index (χ1) is 13.4. The number of nitrogens with one attached hydrogen (secondary N) is 2. The monoisotopic (exact) mass is 417 g/mol. The summed E-state index contributed by atoms with van der Waals surface area (Å²) in [4.78, 5) is 23.4. The highest BCUT2D eigenvalue weighted by molar-refractivity contribution is 8.02. The van der Waals surface area contributed by atoms with Gasteiger partial charge in [0.2, 0.25) is 16.9 Å². The van der Waals surface area contributed by atoms with Gasteiger partial charge >= 0.3 is 0 Å². The SMILES string of the molecule is C[C@H](Sc1nnc(Nc2cccc(F)c2)s1)C(=O)Nc1ccc(C(N)=O)cc1. The number of aromatic nitrogens is 2. The Labute approximate surface area is 168 Å². The van der Waals surface area contributed by atoms with Gasteiger partial charge in [-0.05, 0) is 49.4 Å². The van der Waals surface area contributed by atoms with Crippen molar-refractivity contribution in [2.45, 2.75) is 16.5 Å². The number of thioether (sulfide) groups is 1. The lowest BCUT2D eigenvalue weighted by Gasteiger charge is -2.10. The van der Waals surface area contributed by atoms with Gasteiger partial charge in [0.05, 0.1) is 5.25 Å². The van der Waals surface area contributed by atoms with E-state index in [-0.39, 0.29) is 11.7 Å². The van der Waals surface area contributed by atoms with Crippen LogP contribution in [-0.4, -0.2) is 27.3 Å². The van der Waals surface area contributed by atoms with Crippen LogP contribution in [0.1, 0.15) is 17.3 Å². The number of carbonyl (C=O) groups is 2. The van der Waals surface area contributed by atoms with Crippen molar-refractivity contribution >= 4 is 51.4 Å². The summed E-state index contributed by atoms with van der Waals surface area (Å²) in [5.74, 6) is -1.09. The van der Waals surface area contributed by atoms with Crippen LogP contribution in [-0.2, 0) is 4.79 Å². The van der Waals surface area contributed by atoms with Crippen molar-refractivity contribution in [3.8, 4) is 0 Å². The van der Waals surface area contributed by atoms with Crippen LogP contribution in [0.5, 0.6) is 0 Å². The van der Waals surface area contributed by atoms with Crippen LogP contribution in [0, 0.1) is 5.82 Å². The summed E-state index contributed by atoms with van der Waals surface area (Å²) in [5.41, 5.74) is 6.69. The fourth-order valence-electron chi connectivity index (χ4n) is 2.16. The van der Waals surface area contributed by atoms with E-state index in [2.05, 4.69) is 20.8 Å². The van der Waals surface area contributed by atoms with E-state index in [0.717, 1.165) is 0 Å². The Kier molecular flexibility index (Phi) is 6.22. The molecule has 2 aromatic carbocycles. The summed E-state index contributed by atoms with van der Waals surface area (Å²) in [6.07, 6.45) is 0. The molecule has 0 saturated heterocycles. The number of nitrogens with two attached hydrogens (primary N) is 1. The molecule has 1 aromatic heterocycles. The number of halogens is 1. The molecule has 0 aliphatic heterocycles. The lowest BCUT2D eigenvalue weighted by Crippen LogP contribution is -2.22. The molecule has 0 fully saturated rings. The summed E-state index contributed by atoms with van der Waals surface area (Å²) in [6, 6.07) is 12.3. The van der Waals surface area contributed by atoms with E-state index >= 15 is 0 Å². The van der Waals surface area contributed by atoms with Gasteiger partial charge in [-0.3, -0.25) is 9.59 Å². The average molecular weight is 417 g/mol. The number of nitrogens with zero attached hydrogens (tertiary/aromatic N) is 2. The molecule has 2 amide bonds. The first-order valence-electron chi connectivity index (χ1n) is 8.14. The standard InChI is InChI=1S/C18H16FN5O2S2/c1-10(16(26)21-13-7-5-11(6-8-13)15(20)25)27-18-24-23-17(28-18)22-14-4-2-3-12(19)9-14/h2-10H,1H3,(H2,20,25)(H,21,26)(H,22,23)/t10-/m0/s1. The van der Waals surface area contributed by atoms with Crippen molar-refractivity contribution in [1.82, 2.24) is 10.2 Å². The van der Waals surface area contributed by atoms with Crippen molar-refractivity contribution in [3.63, 3.8) is 0 Å². The molecule has 1 atom stereocenters. The molecule has 0 aliphatic rings. The van der Waals surface area contributed by atoms with Crippen molar-refractivity contribution < 1.29 is 14.0 Å². The quantitative estimate of drug-likeness (QED) is 0.506. The third-order valence-corrected chi connectivity index (χ3v) is 5.59. The maximum absolute atomic E-state index is 13.2. The zero-order chi connectivity index (χ0) is 20.1. The Hall–Kier alpha value is -2.98. The van der Waals surface area contributed by atoms with Crippen LogP contribution in [0.25, 0.3) is 0 Å². The van der Waals surface area contributed by atoms with Crippen LogP contribution in [0.15, 0.2) is 52.9 Å². The second-order valence-corrected chi connectivity index (χ2v) is 8.26. The maximum atomic E-state index is 13.2. The smallest absolute Gasteiger partial charge is 0.248 e. The van der Waals surface area contributed by atoms with Gasteiger partial charge < -0.3 is 16.4 Å². The van der Waals surface area contributed by atoms with Crippen molar-refractivity contribution in [2.24, 2.45) is 5.73 Å². The van der Waals surface area contributed by atoms with Crippen molar-refractivity contribution in [3.05, 3.63) is 59.9 Å². The van der Waals surface area contributed by atoms with Gasteiger partial charge in [-0.25, -0.2) is 4.39 Å². The molecule has 28 heavy (non-hydrogen) atoms. The predicted molar refractivity (Wildman–Crippen MR) is 109 cm³/mol. The number of rotatable bonds is 7. The van der Waals surface area contributed by atoms with Crippen molar-refractivity contribution in [1.29, 1.82) is 0 Å². The van der Waals surface area contributed by atoms with Gasteiger partial charge in [0.15, 0.2) is 4.34 Å². The molecular formula is C18H16FN5O2S2. The molecule has 0 saturated carbocycles. The largest absolute Gasteiger partial charge is 0.366 e. The van der Waals surface area contributed by atoms with E-state index < -0.39 is 11.2 Å². The number of amides is 2.